The highest BCUT2D eigenvalue weighted by Gasteiger charge is 2.38. The van der Waals surface area contributed by atoms with E-state index in [0.717, 1.165) is 44.1 Å². The first-order valence-corrected chi connectivity index (χ1v) is 11.3. The highest BCUT2D eigenvalue weighted by Crippen LogP contribution is 2.35. The van der Waals surface area contributed by atoms with Gasteiger partial charge in [0.25, 0.3) is 0 Å². The predicted molar refractivity (Wildman–Crippen MR) is 121 cm³/mol. The molecule has 8 heteroatoms. The van der Waals surface area contributed by atoms with Gasteiger partial charge in [-0.05, 0) is 36.0 Å². The lowest BCUT2D eigenvalue weighted by atomic mass is 9.87. The zero-order valence-corrected chi connectivity index (χ0v) is 19.5. The Balaban J connectivity index is 1.66. The average molecular weight is 443 g/mol. The fourth-order valence-corrected chi connectivity index (χ4v) is 4.16. The zero-order chi connectivity index (χ0) is 23.4. The molecule has 1 aromatic carbocycles. The summed E-state index contributed by atoms with van der Waals surface area (Å²) in [6.07, 6.45) is 6.17. The molecule has 3 N–H and O–H groups in total. The summed E-state index contributed by atoms with van der Waals surface area (Å²) < 4.78 is 5.41. The number of carbonyl (C=O) groups is 2. The summed E-state index contributed by atoms with van der Waals surface area (Å²) in [5, 5.41) is 20.1. The number of hydrogen-bond donors (Lipinski definition) is 3. The van der Waals surface area contributed by atoms with E-state index in [4.69, 9.17) is 4.52 Å². The molecule has 8 nitrogen and oxygen atoms in total. The highest BCUT2D eigenvalue weighted by molar-refractivity contribution is 5.92. The Kier molecular flexibility index (Phi) is 7.21. The lowest BCUT2D eigenvalue weighted by Gasteiger charge is -2.30. The minimum absolute atomic E-state index is 0.0250. The maximum atomic E-state index is 12.5. The monoisotopic (exact) mass is 442 g/mol. The van der Waals surface area contributed by atoms with Gasteiger partial charge in [-0.1, -0.05) is 57.7 Å². The van der Waals surface area contributed by atoms with Crippen molar-refractivity contribution in [3.05, 3.63) is 35.5 Å². The Bertz CT molecular complexity index is 953. The SMILES string of the molecule is CC(=O)NC1(c2noc(CCC(=O)Nc3cc(C(C)(C)C)ccc3O)n2)CCCCCC1. The highest BCUT2D eigenvalue weighted by atomic mass is 16.5. The molecule has 1 fully saturated rings. The van der Waals surface area contributed by atoms with Gasteiger partial charge < -0.3 is 20.3 Å². The summed E-state index contributed by atoms with van der Waals surface area (Å²) in [4.78, 5) is 28.9. The minimum Gasteiger partial charge on any atom is -0.506 e. The van der Waals surface area contributed by atoms with Crippen molar-refractivity contribution in [3.63, 3.8) is 0 Å². The lowest BCUT2D eigenvalue weighted by molar-refractivity contribution is -0.121. The molecule has 0 aliphatic heterocycles. The molecule has 1 heterocycles. The van der Waals surface area contributed by atoms with E-state index in [0.29, 0.717) is 17.4 Å². The van der Waals surface area contributed by atoms with Crippen LogP contribution in [-0.2, 0) is 27.0 Å². The summed E-state index contributed by atoms with van der Waals surface area (Å²) in [6.45, 7) is 7.71. The van der Waals surface area contributed by atoms with Crippen molar-refractivity contribution in [2.24, 2.45) is 0 Å². The largest absolute Gasteiger partial charge is 0.506 e. The van der Waals surface area contributed by atoms with Crippen LogP contribution in [0.4, 0.5) is 5.69 Å². The molecule has 0 atom stereocenters. The van der Waals surface area contributed by atoms with Crippen molar-refractivity contribution in [3.8, 4) is 5.75 Å². The Hall–Kier alpha value is -2.90. The Labute approximate surface area is 189 Å². The van der Waals surface area contributed by atoms with Gasteiger partial charge in [-0.3, -0.25) is 9.59 Å². The number of nitrogens with one attached hydrogen (secondary N) is 2. The molecule has 3 rings (SSSR count). The minimum atomic E-state index is -0.606. The second-order valence-electron chi connectivity index (χ2n) is 9.72. The van der Waals surface area contributed by atoms with Gasteiger partial charge in [0.2, 0.25) is 17.7 Å². The molecule has 0 spiro atoms. The van der Waals surface area contributed by atoms with Crippen molar-refractivity contribution >= 4 is 17.5 Å². The number of aromatic hydroxyl groups is 1. The van der Waals surface area contributed by atoms with Crippen LogP contribution in [-0.4, -0.2) is 27.1 Å². The van der Waals surface area contributed by atoms with Crippen molar-refractivity contribution in [1.29, 1.82) is 0 Å². The third kappa shape index (κ3) is 5.87. The number of amides is 2. The molecule has 2 aromatic rings. The Morgan fingerprint density at radius 3 is 2.47 bits per heavy atom. The van der Waals surface area contributed by atoms with Crippen LogP contribution in [0, 0.1) is 0 Å². The van der Waals surface area contributed by atoms with Crippen LogP contribution in [0.25, 0.3) is 0 Å². The predicted octanol–water partition coefficient (Wildman–Crippen LogP) is 4.33. The molecule has 32 heavy (non-hydrogen) atoms. The quantitative estimate of drug-likeness (QED) is 0.453. The molecule has 0 unspecified atom stereocenters. The molecule has 1 aromatic heterocycles. The van der Waals surface area contributed by atoms with Crippen molar-refractivity contribution < 1.29 is 19.2 Å². The fraction of sp³-hybridized carbons (Fsp3) is 0.583. The van der Waals surface area contributed by atoms with Crippen LogP contribution in [0.2, 0.25) is 0 Å². The molecule has 174 valence electrons. The maximum Gasteiger partial charge on any atom is 0.227 e. The maximum absolute atomic E-state index is 12.5. The molecule has 1 aliphatic carbocycles. The zero-order valence-electron chi connectivity index (χ0n) is 19.5. The van der Waals surface area contributed by atoms with Gasteiger partial charge in [-0.15, -0.1) is 0 Å². The third-order valence-corrected chi connectivity index (χ3v) is 5.97. The van der Waals surface area contributed by atoms with E-state index in [1.165, 1.54) is 6.92 Å². The van der Waals surface area contributed by atoms with Crippen LogP contribution >= 0.6 is 0 Å². The van der Waals surface area contributed by atoms with Crippen LogP contribution in [0.15, 0.2) is 22.7 Å². The molecule has 1 aliphatic rings. The lowest BCUT2D eigenvalue weighted by Crippen LogP contribution is -2.45. The van der Waals surface area contributed by atoms with Gasteiger partial charge in [0.15, 0.2) is 5.82 Å². The average Bonchev–Trinajstić information content (AvgIpc) is 3.07. The van der Waals surface area contributed by atoms with E-state index in [2.05, 4.69) is 41.5 Å². The standard InChI is InChI=1S/C24H34N4O4/c1-16(29)27-24(13-7-5-6-8-14-24)22-26-21(32-28-22)12-11-20(31)25-18-15-17(23(2,3)4)9-10-19(18)30/h9-10,15,30H,5-8,11-14H2,1-4H3,(H,25,31)(H,27,29). The molecule has 0 radical (unpaired) electrons. The smallest absolute Gasteiger partial charge is 0.227 e. The first kappa shape index (κ1) is 23.8. The van der Waals surface area contributed by atoms with E-state index in [-0.39, 0.29) is 35.8 Å². The van der Waals surface area contributed by atoms with Gasteiger partial charge in [0, 0.05) is 19.8 Å². The molecule has 0 bridgehead atoms. The van der Waals surface area contributed by atoms with Gasteiger partial charge in [-0.25, -0.2) is 0 Å². The molecule has 0 saturated heterocycles. The summed E-state index contributed by atoms with van der Waals surface area (Å²) in [7, 11) is 0. The number of aromatic nitrogens is 2. The number of phenolic OH excluding ortho intramolecular Hbond substituents is 1. The Morgan fingerprint density at radius 1 is 1.16 bits per heavy atom. The van der Waals surface area contributed by atoms with E-state index in [1.54, 1.807) is 12.1 Å². The number of rotatable bonds is 6. The summed E-state index contributed by atoms with van der Waals surface area (Å²) in [5.74, 6) is 0.501. The fourth-order valence-electron chi connectivity index (χ4n) is 4.16. The topological polar surface area (TPSA) is 117 Å². The van der Waals surface area contributed by atoms with Crippen LogP contribution < -0.4 is 10.6 Å². The summed E-state index contributed by atoms with van der Waals surface area (Å²) in [5.41, 5.74) is 0.691. The number of nitrogens with zero attached hydrogens (tertiary/aromatic N) is 2. The first-order valence-electron chi connectivity index (χ1n) is 11.3. The number of aryl methyl sites for hydroxylation is 1. The molecule has 2 amide bonds. The van der Waals surface area contributed by atoms with Crippen LogP contribution in [0.5, 0.6) is 5.75 Å². The third-order valence-electron chi connectivity index (χ3n) is 5.97. The molecular formula is C24H34N4O4. The normalized spacial score (nSPS) is 16.2. The summed E-state index contributed by atoms with van der Waals surface area (Å²) >= 11 is 0. The van der Waals surface area contributed by atoms with E-state index < -0.39 is 5.54 Å². The van der Waals surface area contributed by atoms with Gasteiger partial charge >= 0.3 is 0 Å². The molecular weight excluding hydrogens is 408 g/mol. The number of phenols is 1. The van der Waals surface area contributed by atoms with Gasteiger partial charge in [0.05, 0.1) is 5.69 Å². The van der Waals surface area contributed by atoms with E-state index >= 15 is 0 Å². The van der Waals surface area contributed by atoms with E-state index in [9.17, 15) is 14.7 Å². The molecule has 1 saturated carbocycles. The second kappa shape index (κ2) is 9.71. The number of hydrogen-bond acceptors (Lipinski definition) is 6. The van der Waals surface area contributed by atoms with Crippen molar-refractivity contribution in [1.82, 2.24) is 15.5 Å². The second-order valence-corrected chi connectivity index (χ2v) is 9.72. The summed E-state index contributed by atoms with van der Waals surface area (Å²) in [6, 6.07) is 5.24. The van der Waals surface area contributed by atoms with Crippen LogP contribution in [0.3, 0.4) is 0 Å². The van der Waals surface area contributed by atoms with Gasteiger partial charge in [0.1, 0.15) is 11.3 Å². The number of anilines is 1. The number of benzene rings is 1. The van der Waals surface area contributed by atoms with Crippen molar-refractivity contribution in [2.75, 3.05) is 5.32 Å². The first-order chi connectivity index (χ1) is 15.1. The van der Waals surface area contributed by atoms with Crippen molar-refractivity contribution in [2.45, 2.75) is 90.0 Å². The van der Waals surface area contributed by atoms with Crippen LogP contribution in [0.1, 0.15) is 89.9 Å². The van der Waals surface area contributed by atoms with Gasteiger partial charge in [-0.2, -0.15) is 4.98 Å². The Morgan fingerprint density at radius 2 is 1.84 bits per heavy atom. The number of carbonyl (C=O) groups excluding carboxylic acids is 2. The van der Waals surface area contributed by atoms with E-state index in [1.807, 2.05) is 6.07 Å².